The first kappa shape index (κ1) is 20.5. The molecular formula is C24H22Cl2N2O3. The summed E-state index contributed by atoms with van der Waals surface area (Å²) in [6.45, 7) is 0. The van der Waals surface area contributed by atoms with E-state index in [9.17, 15) is 14.4 Å². The maximum atomic E-state index is 13.4. The number of fused-ring (bicyclic) bond motifs is 5. The number of nitrogens with one attached hydrogen (secondary N) is 1. The molecule has 1 heterocycles. The molecule has 1 saturated heterocycles. The lowest BCUT2D eigenvalue weighted by Gasteiger charge is -2.27. The Bertz CT molecular complexity index is 1030. The Balaban J connectivity index is 1.47. The molecule has 5 rings (SSSR count). The van der Waals surface area contributed by atoms with E-state index >= 15 is 0 Å². The number of imide groups is 1. The lowest BCUT2D eigenvalue weighted by Crippen LogP contribution is -2.49. The van der Waals surface area contributed by atoms with E-state index in [2.05, 4.69) is 5.32 Å². The molecule has 1 N–H and O–H groups in total. The zero-order valence-electron chi connectivity index (χ0n) is 16.8. The number of hydrogen-bond acceptors (Lipinski definition) is 3. The maximum Gasteiger partial charge on any atom is 0.248 e. The van der Waals surface area contributed by atoms with Crippen LogP contribution in [0.1, 0.15) is 24.8 Å². The van der Waals surface area contributed by atoms with Crippen LogP contribution in [0, 0.1) is 23.7 Å². The van der Waals surface area contributed by atoms with E-state index in [1.54, 1.807) is 18.2 Å². The molecular weight excluding hydrogens is 435 g/mol. The lowest BCUT2D eigenvalue weighted by atomic mass is 9.81. The van der Waals surface area contributed by atoms with Gasteiger partial charge in [0.05, 0.1) is 27.6 Å². The van der Waals surface area contributed by atoms with Crippen LogP contribution < -0.4 is 5.32 Å². The van der Waals surface area contributed by atoms with Crippen LogP contribution in [0.5, 0.6) is 0 Å². The Kier molecular flexibility index (Phi) is 5.27. The third-order valence-corrected chi connectivity index (χ3v) is 7.88. The van der Waals surface area contributed by atoms with Crippen molar-refractivity contribution in [3.63, 3.8) is 0 Å². The second kappa shape index (κ2) is 7.95. The highest BCUT2D eigenvalue weighted by Gasteiger charge is 2.62. The number of carbonyl (C=O) groups excluding carboxylic acids is 3. The summed E-state index contributed by atoms with van der Waals surface area (Å²) in [7, 11) is 0. The average molecular weight is 457 g/mol. The number of likely N-dealkylation sites (tertiary alicyclic amines) is 1. The number of anilines is 1. The molecule has 0 spiro atoms. The number of halogens is 2. The first-order chi connectivity index (χ1) is 15.0. The minimum Gasteiger partial charge on any atom is -0.323 e. The van der Waals surface area contributed by atoms with Crippen molar-refractivity contribution in [1.29, 1.82) is 0 Å². The number of rotatable bonds is 5. The van der Waals surface area contributed by atoms with Crippen molar-refractivity contribution in [3.8, 4) is 0 Å². The predicted molar refractivity (Wildman–Crippen MR) is 119 cm³/mol. The average Bonchev–Trinajstić information content (AvgIpc) is 3.45. The molecule has 2 aromatic rings. The van der Waals surface area contributed by atoms with Crippen molar-refractivity contribution in [1.82, 2.24) is 4.90 Å². The molecule has 1 aliphatic heterocycles. The van der Waals surface area contributed by atoms with Gasteiger partial charge < -0.3 is 5.32 Å². The van der Waals surface area contributed by atoms with Gasteiger partial charge in [-0.3, -0.25) is 19.3 Å². The van der Waals surface area contributed by atoms with Gasteiger partial charge in [-0.25, -0.2) is 0 Å². The van der Waals surface area contributed by atoms with Crippen LogP contribution in [0.3, 0.4) is 0 Å². The Hall–Kier alpha value is -2.37. The Morgan fingerprint density at radius 3 is 2.26 bits per heavy atom. The highest BCUT2D eigenvalue weighted by Crippen LogP contribution is 2.56. The van der Waals surface area contributed by atoms with E-state index in [1.807, 2.05) is 30.3 Å². The van der Waals surface area contributed by atoms with Crippen molar-refractivity contribution in [2.45, 2.75) is 31.7 Å². The van der Waals surface area contributed by atoms with E-state index in [1.165, 1.54) is 4.90 Å². The minimum atomic E-state index is -0.942. The topological polar surface area (TPSA) is 66.5 Å². The molecule has 2 bridgehead atoms. The van der Waals surface area contributed by atoms with Crippen LogP contribution in [0.15, 0.2) is 48.5 Å². The Morgan fingerprint density at radius 1 is 0.968 bits per heavy atom. The zero-order valence-corrected chi connectivity index (χ0v) is 18.3. The summed E-state index contributed by atoms with van der Waals surface area (Å²) < 4.78 is 0. The molecule has 7 heteroatoms. The SMILES string of the molecule is O=C(Nc1cccc(Cl)c1Cl)[C@@H](Cc1ccccc1)N1C(=O)[C@@H]2[C@H]3CC[C@@H](C3)[C@@H]2C1=O. The number of nitrogens with zero attached hydrogens (tertiary/aromatic N) is 1. The van der Waals surface area contributed by atoms with Gasteiger partial charge in [0, 0.05) is 6.42 Å². The summed E-state index contributed by atoms with van der Waals surface area (Å²) in [6.07, 6.45) is 3.18. The van der Waals surface area contributed by atoms with Crippen LogP contribution in [-0.2, 0) is 20.8 Å². The maximum absolute atomic E-state index is 13.4. The van der Waals surface area contributed by atoms with Crippen molar-refractivity contribution >= 4 is 46.6 Å². The molecule has 160 valence electrons. The number of carbonyl (C=O) groups is 3. The molecule has 2 aromatic carbocycles. The van der Waals surface area contributed by atoms with Crippen LogP contribution in [-0.4, -0.2) is 28.7 Å². The van der Waals surface area contributed by atoms with E-state index in [0.29, 0.717) is 10.7 Å². The summed E-state index contributed by atoms with van der Waals surface area (Å²) in [5.41, 5.74) is 1.23. The van der Waals surface area contributed by atoms with Crippen molar-refractivity contribution in [2.75, 3.05) is 5.32 Å². The van der Waals surface area contributed by atoms with Gasteiger partial charge in [0.1, 0.15) is 6.04 Å². The molecule has 0 aromatic heterocycles. The number of amides is 3. The molecule has 2 aliphatic carbocycles. The fourth-order valence-electron chi connectivity index (χ4n) is 5.69. The lowest BCUT2D eigenvalue weighted by molar-refractivity contribution is -0.147. The van der Waals surface area contributed by atoms with Gasteiger partial charge in [-0.05, 0) is 48.8 Å². The summed E-state index contributed by atoms with van der Waals surface area (Å²) in [6, 6.07) is 13.4. The van der Waals surface area contributed by atoms with Crippen molar-refractivity contribution < 1.29 is 14.4 Å². The van der Waals surface area contributed by atoms with Crippen LogP contribution >= 0.6 is 23.2 Å². The van der Waals surface area contributed by atoms with Gasteiger partial charge in [-0.2, -0.15) is 0 Å². The second-order valence-electron chi connectivity index (χ2n) is 8.73. The fraction of sp³-hybridized carbons (Fsp3) is 0.375. The van der Waals surface area contributed by atoms with Gasteiger partial charge in [0.25, 0.3) is 0 Å². The third-order valence-electron chi connectivity index (χ3n) is 7.06. The van der Waals surface area contributed by atoms with Crippen molar-refractivity contribution in [3.05, 3.63) is 64.1 Å². The Labute approximate surface area is 190 Å². The fourth-order valence-corrected chi connectivity index (χ4v) is 6.04. The monoisotopic (exact) mass is 456 g/mol. The van der Waals surface area contributed by atoms with E-state index in [-0.39, 0.29) is 46.9 Å². The summed E-state index contributed by atoms with van der Waals surface area (Å²) in [5, 5.41) is 3.34. The van der Waals surface area contributed by atoms with Gasteiger partial charge >= 0.3 is 0 Å². The second-order valence-corrected chi connectivity index (χ2v) is 9.51. The third kappa shape index (κ3) is 3.44. The van der Waals surface area contributed by atoms with Gasteiger partial charge in [-0.1, -0.05) is 59.6 Å². The molecule has 5 atom stereocenters. The van der Waals surface area contributed by atoms with Gasteiger partial charge in [-0.15, -0.1) is 0 Å². The highest BCUT2D eigenvalue weighted by molar-refractivity contribution is 6.44. The Morgan fingerprint density at radius 2 is 1.61 bits per heavy atom. The summed E-state index contributed by atoms with van der Waals surface area (Å²) in [5.74, 6) is -0.856. The molecule has 31 heavy (non-hydrogen) atoms. The molecule has 0 unspecified atom stereocenters. The molecule has 2 saturated carbocycles. The van der Waals surface area contributed by atoms with E-state index < -0.39 is 11.9 Å². The minimum absolute atomic E-state index is 0.199. The first-order valence-electron chi connectivity index (χ1n) is 10.6. The smallest absolute Gasteiger partial charge is 0.248 e. The largest absolute Gasteiger partial charge is 0.323 e. The predicted octanol–water partition coefficient (Wildman–Crippen LogP) is 4.57. The molecule has 5 nitrogen and oxygen atoms in total. The summed E-state index contributed by atoms with van der Waals surface area (Å²) in [4.78, 5) is 41.4. The number of hydrogen-bond donors (Lipinski definition) is 1. The van der Waals surface area contributed by atoms with Crippen LogP contribution in [0.2, 0.25) is 10.0 Å². The first-order valence-corrected chi connectivity index (χ1v) is 11.4. The molecule has 3 aliphatic rings. The van der Waals surface area contributed by atoms with Gasteiger partial charge in [0.2, 0.25) is 17.7 Å². The number of benzene rings is 2. The van der Waals surface area contributed by atoms with E-state index in [0.717, 1.165) is 24.8 Å². The van der Waals surface area contributed by atoms with Crippen LogP contribution in [0.4, 0.5) is 5.69 Å². The van der Waals surface area contributed by atoms with Crippen molar-refractivity contribution in [2.24, 2.45) is 23.7 Å². The van der Waals surface area contributed by atoms with E-state index in [4.69, 9.17) is 23.2 Å². The normalized spacial score (nSPS) is 27.5. The highest BCUT2D eigenvalue weighted by atomic mass is 35.5. The molecule has 3 fully saturated rings. The summed E-state index contributed by atoms with van der Waals surface area (Å²) >= 11 is 12.3. The standard InChI is InChI=1S/C24H22Cl2N2O3/c25-16-7-4-8-17(21(16)26)27-22(29)18(11-13-5-2-1-3-6-13)28-23(30)19-14-9-10-15(12-14)20(19)24(28)31/h1-8,14-15,18-20H,9-12H2,(H,27,29)/t14-,15-,18+,19-,20+/m0/s1. The molecule has 0 radical (unpaired) electrons. The quantitative estimate of drug-likeness (QED) is 0.669. The van der Waals surface area contributed by atoms with Crippen LogP contribution in [0.25, 0.3) is 0 Å². The molecule has 3 amide bonds. The zero-order chi connectivity index (χ0) is 21.7. The van der Waals surface area contributed by atoms with Gasteiger partial charge in [0.15, 0.2) is 0 Å².